The molecule has 0 bridgehead atoms. The Bertz CT molecular complexity index is 1220. The third-order valence-corrected chi connectivity index (χ3v) is 7.75. The van der Waals surface area contributed by atoms with Crippen molar-refractivity contribution in [2.24, 2.45) is 17.3 Å². The summed E-state index contributed by atoms with van der Waals surface area (Å²) in [6, 6.07) is 27.7. The number of benzene rings is 3. The number of carbonyl (C=O) groups is 1. The summed E-state index contributed by atoms with van der Waals surface area (Å²) < 4.78 is 5.64. The van der Waals surface area contributed by atoms with Crippen LogP contribution in [-0.4, -0.2) is 19.1 Å². The first-order valence-electron chi connectivity index (χ1n) is 14.1. The van der Waals surface area contributed by atoms with E-state index >= 15 is 0 Å². The van der Waals surface area contributed by atoms with Crippen LogP contribution in [0.4, 0.5) is 5.69 Å². The number of nitrogens with zero attached hydrogens (tertiary/aromatic N) is 1. The standard InChI is InChI=1S/C35H43NO2/c1-7-32(27-11-9-8-10-12-27)33(29-15-19-31(20-16-29)38-34(37)35(4,5)6)28-13-17-30(18-14-28)36-23-21-26(22-24-36)25(2)3/h8-20,25-26H,7,21-24H2,1-6H3/b33-32+. The lowest BCUT2D eigenvalue weighted by Crippen LogP contribution is -2.35. The molecule has 0 saturated carbocycles. The van der Waals surface area contributed by atoms with Gasteiger partial charge in [-0.25, -0.2) is 0 Å². The summed E-state index contributed by atoms with van der Waals surface area (Å²) in [7, 11) is 0. The average molecular weight is 510 g/mol. The van der Waals surface area contributed by atoms with Gasteiger partial charge in [-0.3, -0.25) is 4.79 Å². The quantitative estimate of drug-likeness (QED) is 0.181. The number of hydrogen-bond acceptors (Lipinski definition) is 3. The highest BCUT2D eigenvalue weighted by atomic mass is 16.5. The van der Waals surface area contributed by atoms with Crippen molar-refractivity contribution in [3.8, 4) is 5.75 Å². The molecule has 0 N–H and O–H groups in total. The van der Waals surface area contributed by atoms with Crippen LogP contribution in [0.2, 0.25) is 0 Å². The van der Waals surface area contributed by atoms with Crippen LogP contribution in [0.15, 0.2) is 78.9 Å². The maximum absolute atomic E-state index is 12.4. The highest BCUT2D eigenvalue weighted by molar-refractivity contribution is 5.98. The van der Waals surface area contributed by atoms with Crippen LogP contribution in [0.1, 0.15) is 77.5 Å². The second kappa shape index (κ2) is 12.0. The van der Waals surface area contributed by atoms with E-state index in [9.17, 15) is 4.79 Å². The van der Waals surface area contributed by atoms with Crippen molar-refractivity contribution in [1.29, 1.82) is 0 Å². The Balaban J connectivity index is 1.67. The molecule has 0 unspecified atom stereocenters. The average Bonchev–Trinajstić information content (AvgIpc) is 2.92. The van der Waals surface area contributed by atoms with Gasteiger partial charge in [0, 0.05) is 18.8 Å². The topological polar surface area (TPSA) is 29.5 Å². The minimum Gasteiger partial charge on any atom is -0.426 e. The number of ether oxygens (including phenoxy) is 1. The van der Waals surface area contributed by atoms with Crippen molar-refractivity contribution in [3.05, 3.63) is 95.6 Å². The molecule has 1 aliphatic heterocycles. The smallest absolute Gasteiger partial charge is 0.316 e. The molecule has 0 amide bonds. The van der Waals surface area contributed by atoms with Crippen LogP contribution >= 0.6 is 0 Å². The summed E-state index contributed by atoms with van der Waals surface area (Å²) >= 11 is 0. The second-order valence-electron chi connectivity index (χ2n) is 11.9. The predicted octanol–water partition coefficient (Wildman–Crippen LogP) is 8.88. The summed E-state index contributed by atoms with van der Waals surface area (Å²) in [5.41, 5.74) is 6.83. The van der Waals surface area contributed by atoms with E-state index in [0.29, 0.717) is 5.75 Å². The van der Waals surface area contributed by atoms with Gasteiger partial charge in [-0.2, -0.15) is 0 Å². The van der Waals surface area contributed by atoms with Gasteiger partial charge in [-0.05, 0) is 104 Å². The fourth-order valence-electron chi connectivity index (χ4n) is 5.29. The number of piperidine rings is 1. The molecule has 4 rings (SSSR count). The highest BCUT2D eigenvalue weighted by Gasteiger charge is 2.24. The Morgan fingerprint density at radius 1 is 0.842 bits per heavy atom. The summed E-state index contributed by atoms with van der Waals surface area (Å²) in [5, 5.41) is 0. The molecule has 0 aromatic heterocycles. The van der Waals surface area contributed by atoms with Gasteiger partial charge in [-0.1, -0.05) is 75.4 Å². The molecule has 38 heavy (non-hydrogen) atoms. The van der Waals surface area contributed by atoms with Gasteiger partial charge in [0.05, 0.1) is 5.41 Å². The Hall–Kier alpha value is -3.33. The number of carbonyl (C=O) groups excluding carboxylic acids is 1. The normalized spacial score (nSPS) is 15.4. The maximum Gasteiger partial charge on any atom is 0.316 e. The van der Waals surface area contributed by atoms with Crippen LogP contribution in [-0.2, 0) is 4.79 Å². The zero-order valence-corrected chi connectivity index (χ0v) is 24.0. The van der Waals surface area contributed by atoms with Crippen LogP contribution in [0.5, 0.6) is 5.75 Å². The molecule has 3 nitrogen and oxygen atoms in total. The van der Waals surface area contributed by atoms with E-state index in [1.807, 2.05) is 32.9 Å². The molecule has 3 aromatic carbocycles. The van der Waals surface area contributed by atoms with Crippen LogP contribution in [0.3, 0.4) is 0 Å². The summed E-state index contributed by atoms with van der Waals surface area (Å²) in [4.78, 5) is 14.9. The molecular formula is C35H43NO2. The minimum absolute atomic E-state index is 0.229. The Morgan fingerprint density at radius 2 is 1.39 bits per heavy atom. The monoisotopic (exact) mass is 509 g/mol. The van der Waals surface area contributed by atoms with E-state index in [1.54, 1.807) is 0 Å². The fraction of sp³-hybridized carbons (Fsp3) is 0.400. The molecule has 200 valence electrons. The van der Waals surface area contributed by atoms with E-state index in [2.05, 4.69) is 92.4 Å². The van der Waals surface area contributed by atoms with E-state index in [-0.39, 0.29) is 5.97 Å². The molecule has 3 heteroatoms. The number of allylic oxidation sites excluding steroid dienone is 1. The first kappa shape index (κ1) is 27.7. The SMILES string of the molecule is CC/C(=C(\c1ccc(OC(=O)C(C)(C)C)cc1)c1ccc(N2CCC(C(C)C)CC2)cc1)c1ccccc1. The van der Waals surface area contributed by atoms with Crippen molar-refractivity contribution < 1.29 is 9.53 Å². The highest BCUT2D eigenvalue weighted by Crippen LogP contribution is 2.36. The molecule has 0 aliphatic carbocycles. The third kappa shape index (κ3) is 6.56. The summed E-state index contributed by atoms with van der Waals surface area (Å²) in [6.07, 6.45) is 3.44. The van der Waals surface area contributed by atoms with E-state index in [0.717, 1.165) is 36.9 Å². The van der Waals surface area contributed by atoms with Crippen LogP contribution in [0.25, 0.3) is 11.1 Å². The van der Waals surface area contributed by atoms with Gasteiger partial charge in [0.25, 0.3) is 0 Å². The molecule has 1 aliphatic rings. The van der Waals surface area contributed by atoms with Crippen LogP contribution in [0, 0.1) is 17.3 Å². The van der Waals surface area contributed by atoms with Gasteiger partial charge in [-0.15, -0.1) is 0 Å². The summed E-state index contributed by atoms with van der Waals surface area (Å²) in [6.45, 7) is 14.8. The largest absolute Gasteiger partial charge is 0.426 e. The molecule has 0 spiro atoms. The molecule has 3 aromatic rings. The van der Waals surface area contributed by atoms with Crippen molar-refractivity contribution >= 4 is 22.8 Å². The van der Waals surface area contributed by atoms with Crippen molar-refractivity contribution in [2.45, 2.75) is 60.8 Å². The first-order chi connectivity index (χ1) is 18.2. The van der Waals surface area contributed by atoms with Crippen molar-refractivity contribution in [1.82, 2.24) is 0 Å². The molecule has 1 fully saturated rings. The van der Waals surface area contributed by atoms with Gasteiger partial charge in [0.15, 0.2) is 0 Å². The van der Waals surface area contributed by atoms with Gasteiger partial charge < -0.3 is 9.64 Å². The van der Waals surface area contributed by atoms with Crippen LogP contribution < -0.4 is 9.64 Å². The first-order valence-corrected chi connectivity index (χ1v) is 14.1. The second-order valence-corrected chi connectivity index (χ2v) is 11.9. The number of esters is 1. The third-order valence-electron chi connectivity index (χ3n) is 7.75. The number of anilines is 1. The van der Waals surface area contributed by atoms with Gasteiger partial charge in [0.2, 0.25) is 0 Å². The maximum atomic E-state index is 12.4. The number of hydrogen-bond donors (Lipinski definition) is 0. The number of rotatable bonds is 7. The Kier molecular flexibility index (Phi) is 8.76. The minimum atomic E-state index is -0.543. The van der Waals surface area contributed by atoms with Gasteiger partial charge >= 0.3 is 5.97 Å². The Labute approximate surface area is 229 Å². The Morgan fingerprint density at radius 3 is 1.89 bits per heavy atom. The van der Waals surface area contributed by atoms with E-state index in [4.69, 9.17) is 4.74 Å². The van der Waals surface area contributed by atoms with E-state index < -0.39 is 5.41 Å². The van der Waals surface area contributed by atoms with Gasteiger partial charge in [0.1, 0.15) is 5.75 Å². The predicted molar refractivity (Wildman–Crippen MR) is 160 cm³/mol. The fourth-order valence-corrected chi connectivity index (χ4v) is 5.29. The lowest BCUT2D eigenvalue weighted by Gasteiger charge is -2.35. The molecule has 1 heterocycles. The molecular weight excluding hydrogens is 466 g/mol. The van der Waals surface area contributed by atoms with E-state index in [1.165, 1.54) is 40.8 Å². The molecule has 1 saturated heterocycles. The zero-order chi connectivity index (χ0) is 27.3. The van der Waals surface area contributed by atoms with Crippen molar-refractivity contribution in [2.75, 3.05) is 18.0 Å². The lowest BCUT2D eigenvalue weighted by molar-refractivity contribution is -0.142. The molecule has 0 radical (unpaired) electrons. The lowest BCUT2D eigenvalue weighted by atomic mass is 9.86. The zero-order valence-electron chi connectivity index (χ0n) is 24.0. The van der Waals surface area contributed by atoms with Crippen molar-refractivity contribution in [3.63, 3.8) is 0 Å². The molecule has 0 atom stereocenters. The summed E-state index contributed by atoms with van der Waals surface area (Å²) in [5.74, 6) is 1.95.